The summed E-state index contributed by atoms with van der Waals surface area (Å²) >= 11 is 0. The van der Waals surface area contributed by atoms with Crippen molar-refractivity contribution in [2.24, 2.45) is 0 Å². The highest BCUT2D eigenvalue weighted by atomic mass is 16.5. The van der Waals surface area contributed by atoms with Gasteiger partial charge in [-0.2, -0.15) is 4.98 Å². The molecule has 4 rings (SSSR count). The van der Waals surface area contributed by atoms with Gasteiger partial charge in [-0.25, -0.2) is 0 Å². The molecule has 0 aliphatic carbocycles. The molecule has 2 aromatic carbocycles. The maximum absolute atomic E-state index is 12.7. The molecule has 0 bridgehead atoms. The van der Waals surface area contributed by atoms with Crippen LogP contribution in [0.2, 0.25) is 0 Å². The van der Waals surface area contributed by atoms with Crippen LogP contribution in [0.15, 0.2) is 53.1 Å². The molecule has 0 N–H and O–H groups in total. The van der Waals surface area contributed by atoms with Gasteiger partial charge in [0.2, 0.25) is 17.6 Å². The Morgan fingerprint density at radius 3 is 2.38 bits per heavy atom. The van der Waals surface area contributed by atoms with Crippen molar-refractivity contribution in [3.63, 3.8) is 0 Å². The summed E-state index contributed by atoms with van der Waals surface area (Å²) in [6.07, 6.45) is 1.80. The van der Waals surface area contributed by atoms with Crippen LogP contribution in [0.25, 0.3) is 11.4 Å². The van der Waals surface area contributed by atoms with Crippen molar-refractivity contribution >= 4 is 5.91 Å². The molecule has 0 saturated carbocycles. The molecule has 0 radical (unpaired) electrons. The molecular weight excluding hydrogens is 428 g/mol. The van der Waals surface area contributed by atoms with E-state index in [0.717, 1.165) is 44.0 Å². The van der Waals surface area contributed by atoms with E-state index in [1.54, 1.807) is 7.11 Å². The van der Waals surface area contributed by atoms with Gasteiger partial charge in [0.05, 0.1) is 7.11 Å². The number of benzene rings is 2. The van der Waals surface area contributed by atoms with Crippen LogP contribution in [0.3, 0.4) is 0 Å². The number of aromatic nitrogens is 2. The van der Waals surface area contributed by atoms with E-state index in [4.69, 9.17) is 9.26 Å². The van der Waals surface area contributed by atoms with E-state index in [-0.39, 0.29) is 5.91 Å². The standard InChI is InChI=1S/C27H34N4O3/c1-20(2)22-9-7-21(8-10-22)19-30-15-17-31(18-16-30)26(32)6-4-5-25-28-27(29-34-25)23-11-13-24(33-3)14-12-23/h7-14,20H,4-6,15-19H2,1-3H3. The van der Waals surface area contributed by atoms with Gasteiger partial charge in [-0.15, -0.1) is 0 Å². The minimum Gasteiger partial charge on any atom is -0.497 e. The molecule has 0 spiro atoms. The summed E-state index contributed by atoms with van der Waals surface area (Å²) < 4.78 is 10.5. The molecule has 1 fully saturated rings. The third-order valence-electron chi connectivity index (χ3n) is 6.38. The Labute approximate surface area is 201 Å². The fourth-order valence-electron chi connectivity index (χ4n) is 4.18. The summed E-state index contributed by atoms with van der Waals surface area (Å²) in [7, 11) is 1.63. The SMILES string of the molecule is COc1ccc(-c2noc(CCCC(=O)N3CCN(Cc4ccc(C(C)C)cc4)CC3)n2)cc1. The number of carbonyl (C=O) groups is 1. The maximum Gasteiger partial charge on any atom is 0.226 e. The molecule has 1 aliphatic heterocycles. The summed E-state index contributed by atoms with van der Waals surface area (Å²) in [6, 6.07) is 16.4. The first-order valence-corrected chi connectivity index (χ1v) is 12.1. The fraction of sp³-hybridized carbons (Fsp3) is 0.444. The average Bonchev–Trinajstić information content (AvgIpc) is 3.34. The van der Waals surface area contributed by atoms with Crippen molar-refractivity contribution in [2.75, 3.05) is 33.3 Å². The van der Waals surface area contributed by atoms with Crippen LogP contribution in [0.4, 0.5) is 0 Å². The number of carbonyl (C=O) groups excluding carboxylic acids is 1. The lowest BCUT2D eigenvalue weighted by Crippen LogP contribution is -2.48. The van der Waals surface area contributed by atoms with Crippen LogP contribution < -0.4 is 4.74 Å². The lowest BCUT2D eigenvalue weighted by molar-refractivity contribution is -0.133. The van der Waals surface area contributed by atoms with E-state index in [1.807, 2.05) is 29.2 Å². The Morgan fingerprint density at radius 1 is 1.03 bits per heavy atom. The molecule has 7 nitrogen and oxygen atoms in total. The quantitative estimate of drug-likeness (QED) is 0.465. The zero-order chi connectivity index (χ0) is 23.9. The number of nitrogens with zero attached hydrogens (tertiary/aromatic N) is 4. The van der Waals surface area contributed by atoms with Gasteiger partial charge < -0.3 is 14.2 Å². The largest absolute Gasteiger partial charge is 0.497 e. The number of hydrogen-bond donors (Lipinski definition) is 0. The zero-order valence-electron chi connectivity index (χ0n) is 20.4. The summed E-state index contributed by atoms with van der Waals surface area (Å²) in [5.41, 5.74) is 3.58. The molecule has 0 unspecified atom stereocenters. The fourth-order valence-corrected chi connectivity index (χ4v) is 4.18. The predicted molar refractivity (Wildman–Crippen MR) is 132 cm³/mol. The minimum atomic E-state index is 0.204. The first kappa shape index (κ1) is 24.0. The lowest BCUT2D eigenvalue weighted by atomic mass is 10.0. The Kier molecular flexibility index (Phi) is 7.95. The van der Waals surface area contributed by atoms with E-state index in [0.29, 0.717) is 36.9 Å². The molecule has 1 amide bonds. The van der Waals surface area contributed by atoms with Crippen molar-refractivity contribution in [2.45, 2.75) is 45.6 Å². The van der Waals surface area contributed by atoms with Crippen LogP contribution in [0, 0.1) is 0 Å². The first-order chi connectivity index (χ1) is 16.5. The highest BCUT2D eigenvalue weighted by molar-refractivity contribution is 5.76. The van der Waals surface area contributed by atoms with Crippen molar-refractivity contribution in [3.8, 4) is 17.1 Å². The van der Waals surface area contributed by atoms with E-state index in [2.05, 4.69) is 53.2 Å². The topological polar surface area (TPSA) is 71.7 Å². The average molecular weight is 463 g/mol. The number of piperazine rings is 1. The van der Waals surface area contributed by atoms with E-state index in [1.165, 1.54) is 11.1 Å². The highest BCUT2D eigenvalue weighted by Crippen LogP contribution is 2.20. The smallest absolute Gasteiger partial charge is 0.226 e. The van der Waals surface area contributed by atoms with Gasteiger partial charge in [0.15, 0.2) is 0 Å². The van der Waals surface area contributed by atoms with Crippen molar-refractivity contribution in [3.05, 3.63) is 65.5 Å². The van der Waals surface area contributed by atoms with E-state index < -0.39 is 0 Å². The Balaban J connectivity index is 1.18. The molecule has 1 saturated heterocycles. The van der Waals surface area contributed by atoms with Crippen LogP contribution in [-0.4, -0.2) is 59.1 Å². The number of hydrogen-bond acceptors (Lipinski definition) is 6. The highest BCUT2D eigenvalue weighted by Gasteiger charge is 2.21. The molecule has 180 valence electrons. The summed E-state index contributed by atoms with van der Waals surface area (Å²) in [5.74, 6) is 2.66. The monoisotopic (exact) mass is 462 g/mol. The second-order valence-corrected chi connectivity index (χ2v) is 9.15. The second kappa shape index (κ2) is 11.3. The Bertz CT molecular complexity index is 1050. The van der Waals surface area contributed by atoms with Crippen LogP contribution >= 0.6 is 0 Å². The third-order valence-corrected chi connectivity index (χ3v) is 6.38. The number of methoxy groups -OCH3 is 1. The third kappa shape index (κ3) is 6.23. The molecule has 1 aromatic heterocycles. The second-order valence-electron chi connectivity index (χ2n) is 9.15. The number of rotatable bonds is 9. The molecule has 2 heterocycles. The van der Waals surface area contributed by atoms with Crippen LogP contribution in [0.1, 0.15) is 49.6 Å². The Morgan fingerprint density at radius 2 is 1.74 bits per heavy atom. The van der Waals surface area contributed by atoms with Crippen molar-refractivity contribution in [1.82, 2.24) is 19.9 Å². The number of amides is 1. The molecule has 34 heavy (non-hydrogen) atoms. The van der Waals surface area contributed by atoms with Crippen LogP contribution in [-0.2, 0) is 17.8 Å². The molecule has 3 aromatic rings. The molecule has 0 atom stereocenters. The van der Waals surface area contributed by atoms with Gasteiger partial charge in [-0.3, -0.25) is 9.69 Å². The van der Waals surface area contributed by atoms with Crippen LogP contribution in [0.5, 0.6) is 5.75 Å². The summed E-state index contributed by atoms with van der Waals surface area (Å²) in [6.45, 7) is 8.75. The predicted octanol–water partition coefficient (Wildman–Crippen LogP) is 4.54. The first-order valence-electron chi connectivity index (χ1n) is 12.1. The Hall–Kier alpha value is -3.19. The summed E-state index contributed by atoms with van der Waals surface area (Å²) in [5, 5.41) is 4.06. The normalized spacial score (nSPS) is 14.5. The van der Waals surface area contributed by atoms with Gasteiger partial charge in [-0.05, 0) is 47.7 Å². The summed E-state index contributed by atoms with van der Waals surface area (Å²) in [4.78, 5) is 21.5. The van der Waals surface area contributed by atoms with Gasteiger partial charge in [0.25, 0.3) is 0 Å². The molecular formula is C27H34N4O3. The van der Waals surface area contributed by atoms with Crippen molar-refractivity contribution < 1.29 is 14.1 Å². The van der Waals surface area contributed by atoms with Gasteiger partial charge in [0.1, 0.15) is 5.75 Å². The van der Waals surface area contributed by atoms with Gasteiger partial charge in [-0.1, -0.05) is 43.3 Å². The van der Waals surface area contributed by atoms with Gasteiger partial charge >= 0.3 is 0 Å². The van der Waals surface area contributed by atoms with E-state index in [9.17, 15) is 4.79 Å². The maximum atomic E-state index is 12.7. The number of ether oxygens (including phenoxy) is 1. The van der Waals surface area contributed by atoms with Gasteiger partial charge in [0, 0.05) is 51.1 Å². The molecule has 7 heteroatoms. The molecule has 1 aliphatic rings. The minimum absolute atomic E-state index is 0.204. The zero-order valence-corrected chi connectivity index (χ0v) is 20.4. The lowest BCUT2D eigenvalue weighted by Gasteiger charge is -2.34. The van der Waals surface area contributed by atoms with E-state index >= 15 is 0 Å². The number of aryl methyl sites for hydroxylation is 1. The van der Waals surface area contributed by atoms with Crippen molar-refractivity contribution in [1.29, 1.82) is 0 Å².